The summed E-state index contributed by atoms with van der Waals surface area (Å²) in [5, 5.41) is 7.35. The van der Waals surface area contributed by atoms with Crippen LogP contribution in [0.2, 0.25) is 0 Å². The maximum Gasteiger partial charge on any atom is 0.161 e. The molecule has 0 fully saturated rings. The Morgan fingerprint density at radius 2 is 1.12 bits per heavy atom. The standard InChI is InChI=1S/C38H24N4/c1-3-11-25(12-4-1)38-39-22-21-36(40-38)42-34-18-10-8-16-29(34)32-24-31-26(23-35(32)42)19-20-30-28-15-7-9-17-33(28)41(37(30)31)27-13-5-2-6-14-27/h1-24H. The maximum absolute atomic E-state index is 5.05. The minimum Gasteiger partial charge on any atom is -0.309 e. The topological polar surface area (TPSA) is 35.6 Å². The summed E-state index contributed by atoms with van der Waals surface area (Å²) in [6, 6.07) is 49.4. The van der Waals surface area contributed by atoms with Gasteiger partial charge in [-0.1, -0.05) is 97.1 Å². The molecule has 0 saturated carbocycles. The van der Waals surface area contributed by atoms with Crippen molar-refractivity contribution in [3.05, 3.63) is 146 Å². The summed E-state index contributed by atoms with van der Waals surface area (Å²) in [7, 11) is 0. The van der Waals surface area contributed by atoms with Gasteiger partial charge in [-0.3, -0.25) is 4.57 Å². The van der Waals surface area contributed by atoms with Gasteiger partial charge in [-0.15, -0.1) is 0 Å². The highest BCUT2D eigenvalue weighted by atomic mass is 15.1. The molecule has 0 aliphatic heterocycles. The van der Waals surface area contributed by atoms with E-state index in [1.54, 1.807) is 0 Å². The van der Waals surface area contributed by atoms with Crippen LogP contribution in [-0.2, 0) is 0 Å². The minimum absolute atomic E-state index is 0.717. The zero-order chi connectivity index (χ0) is 27.6. The number of hydrogen-bond donors (Lipinski definition) is 0. The van der Waals surface area contributed by atoms with Crippen LogP contribution in [0.4, 0.5) is 0 Å². The average Bonchev–Trinajstić information content (AvgIpc) is 3.57. The van der Waals surface area contributed by atoms with Gasteiger partial charge in [0.25, 0.3) is 0 Å². The van der Waals surface area contributed by atoms with Crippen LogP contribution in [0.3, 0.4) is 0 Å². The van der Waals surface area contributed by atoms with Gasteiger partial charge in [-0.05, 0) is 47.9 Å². The maximum atomic E-state index is 5.05. The summed E-state index contributed by atoms with van der Waals surface area (Å²) >= 11 is 0. The first-order chi connectivity index (χ1) is 20.8. The van der Waals surface area contributed by atoms with E-state index in [1.807, 2.05) is 30.5 Å². The number of benzene rings is 6. The fourth-order valence-electron chi connectivity index (χ4n) is 6.54. The SMILES string of the molecule is c1ccc(-c2nccc(-n3c4ccccc4c4cc5c(ccc6c7ccccc7n(-c7ccccc7)c56)cc43)n2)cc1. The predicted octanol–water partition coefficient (Wildman–Crippen LogP) is 9.49. The summed E-state index contributed by atoms with van der Waals surface area (Å²) in [5.41, 5.74) is 6.86. The molecule has 196 valence electrons. The summed E-state index contributed by atoms with van der Waals surface area (Å²) in [6.07, 6.45) is 1.86. The van der Waals surface area contributed by atoms with Gasteiger partial charge in [0.05, 0.1) is 22.1 Å². The van der Waals surface area contributed by atoms with Crippen molar-refractivity contribution >= 4 is 54.4 Å². The van der Waals surface area contributed by atoms with E-state index in [2.05, 4.69) is 129 Å². The fourth-order valence-corrected chi connectivity index (χ4v) is 6.54. The normalized spacial score (nSPS) is 11.8. The molecule has 6 aromatic carbocycles. The Morgan fingerprint density at radius 3 is 1.90 bits per heavy atom. The molecule has 0 spiro atoms. The number of nitrogens with zero attached hydrogens (tertiary/aromatic N) is 4. The highest BCUT2D eigenvalue weighted by Crippen LogP contribution is 2.40. The summed E-state index contributed by atoms with van der Waals surface area (Å²) in [4.78, 5) is 9.64. The van der Waals surface area contributed by atoms with Crippen molar-refractivity contribution in [3.8, 4) is 22.9 Å². The number of rotatable bonds is 3. The Hall–Kier alpha value is -5.74. The Labute approximate surface area is 241 Å². The van der Waals surface area contributed by atoms with Gasteiger partial charge in [0, 0.05) is 44.4 Å². The minimum atomic E-state index is 0.717. The highest BCUT2D eigenvalue weighted by Gasteiger charge is 2.19. The van der Waals surface area contributed by atoms with Crippen molar-refractivity contribution < 1.29 is 0 Å². The molecule has 4 heteroatoms. The zero-order valence-corrected chi connectivity index (χ0v) is 22.6. The molecule has 0 atom stereocenters. The van der Waals surface area contributed by atoms with E-state index >= 15 is 0 Å². The number of para-hydroxylation sites is 3. The Morgan fingerprint density at radius 1 is 0.452 bits per heavy atom. The Balaban J connectivity index is 1.40. The van der Waals surface area contributed by atoms with Crippen LogP contribution < -0.4 is 0 Å². The zero-order valence-electron chi connectivity index (χ0n) is 22.6. The van der Waals surface area contributed by atoms with Crippen molar-refractivity contribution in [2.45, 2.75) is 0 Å². The molecule has 3 heterocycles. The van der Waals surface area contributed by atoms with Gasteiger partial charge in [0.1, 0.15) is 5.82 Å². The van der Waals surface area contributed by atoms with E-state index in [1.165, 1.54) is 43.4 Å². The van der Waals surface area contributed by atoms with Crippen molar-refractivity contribution in [2.75, 3.05) is 0 Å². The monoisotopic (exact) mass is 536 g/mol. The third kappa shape index (κ3) is 3.29. The first-order valence-corrected chi connectivity index (χ1v) is 14.2. The smallest absolute Gasteiger partial charge is 0.161 e. The Bertz CT molecular complexity index is 2450. The molecular weight excluding hydrogens is 512 g/mol. The van der Waals surface area contributed by atoms with Gasteiger partial charge < -0.3 is 4.57 Å². The molecule has 42 heavy (non-hydrogen) atoms. The van der Waals surface area contributed by atoms with Gasteiger partial charge in [0.2, 0.25) is 0 Å². The van der Waals surface area contributed by atoms with Crippen LogP contribution in [0.1, 0.15) is 0 Å². The fraction of sp³-hybridized carbons (Fsp3) is 0. The molecule has 0 radical (unpaired) electrons. The van der Waals surface area contributed by atoms with Crippen molar-refractivity contribution in [2.24, 2.45) is 0 Å². The molecule has 0 bridgehead atoms. The number of fused-ring (bicyclic) bond motifs is 8. The van der Waals surface area contributed by atoms with E-state index in [0.717, 1.165) is 28.1 Å². The molecule has 0 amide bonds. The second-order valence-electron chi connectivity index (χ2n) is 10.7. The summed E-state index contributed by atoms with van der Waals surface area (Å²) in [5.74, 6) is 1.57. The van der Waals surface area contributed by atoms with Crippen LogP contribution in [0.5, 0.6) is 0 Å². The largest absolute Gasteiger partial charge is 0.309 e. The van der Waals surface area contributed by atoms with Gasteiger partial charge in [-0.2, -0.15) is 0 Å². The van der Waals surface area contributed by atoms with Crippen LogP contribution >= 0.6 is 0 Å². The summed E-state index contributed by atoms with van der Waals surface area (Å²) in [6.45, 7) is 0. The molecular formula is C38H24N4. The lowest BCUT2D eigenvalue weighted by Crippen LogP contribution is -2.00. The lowest BCUT2D eigenvalue weighted by Gasteiger charge is -2.11. The van der Waals surface area contributed by atoms with Crippen LogP contribution in [0, 0.1) is 0 Å². The van der Waals surface area contributed by atoms with Crippen LogP contribution in [-0.4, -0.2) is 19.1 Å². The lowest BCUT2D eigenvalue weighted by molar-refractivity contribution is 1.04. The Kier molecular flexibility index (Phi) is 4.87. The van der Waals surface area contributed by atoms with Crippen LogP contribution in [0.15, 0.2) is 146 Å². The number of hydrogen-bond acceptors (Lipinski definition) is 2. The first kappa shape index (κ1) is 23.0. The van der Waals surface area contributed by atoms with E-state index in [0.29, 0.717) is 5.82 Å². The molecule has 9 rings (SSSR count). The quantitative estimate of drug-likeness (QED) is 0.225. The second-order valence-corrected chi connectivity index (χ2v) is 10.7. The first-order valence-electron chi connectivity index (χ1n) is 14.2. The van der Waals surface area contributed by atoms with E-state index in [-0.39, 0.29) is 0 Å². The molecule has 4 nitrogen and oxygen atoms in total. The predicted molar refractivity (Wildman–Crippen MR) is 174 cm³/mol. The van der Waals surface area contributed by atoms with Crippen LogP contribution in [0.25, 0.3) is 77.3 Å². The highest BCUT2D eigenvalue weighted by molar-refractivity contribution is 6.22. The van der Waals surface area contributed by atoms with Crippen molar-refractivity contribution in [3.63, 3.8) is 0 Å². The molecule has 0 aliphatic carbocycles. The van der Waals surface area contributed by atoms with Crippen molar-refractivity contribution in [1.82, 2.24) is 19.1 Å². The van der Waals surface area contributed by atoms with Gasteiger partial charge in [-0.25, -0.2) is 9.97 Å². The average molecular weight is 537 g/mol. The van der Waals surface area contributed by atoms with E-state index in [4.69, 9.17) is 4.98 Å². The molecule has 0 saturated heterocycles. The van der Waals surface area contributed by atoms with Crippen molar-refractivity contribution in [1.29, 1.82) is 0 Å². The third-order valence-corrected chi connectivity index (χ3v) is 8.36. The van der Waals surface area contributed by atoms with Gasteiger partial charge in [0.15, 0.2) is 5.82 Å². The molecule has 0 aliphatic rings. The molecule has 9 aromatic rings. The summed E-state index contributed by atoms with van der Waals surface area (Å²) < 4.78 is 4.68. The third-order valence-electron chi connectivity index (χ3n) is 8.36. The second kappa shape index (κ2) is 8.88. The molecule has 3 aromatic heterocycles. The van der Waals surface area contributed by atoms with Gasteiger partial charge >= 0.3 is 0 Å². The molecule has 0 N–H and O–H groups in total. The van der Waals surface area contributed by atoms with E-state index < -0.39 is 0 Å². The number of aromatic nitrogens is 4. The molecule has 0 unspecified atom stereocenters. The lowest BCUT2D eigenvalue weighted by atomic mass is 10.0. The van der Waals surface area contributed by atoms with E-state index in [9.17, 15) is 0 Å².